The lowest BCUT2D eigenvalue weighted by molar-refractivity contribution is -0.124. The molecular formula is C15H25N3O2. The van der Waals surface area contributed by atoms with Gasteiger partial charge in [-0.3, -0.25) is 9.69 Å². The van der Waals surface area contributed by atoms with Crippen LogP contribution in [-0.2, 0) is 4.79 Å². The molecule has 1 unspecified atom stereocenters. The highest BCUT2D eigenvalue weighted by molar-refractivity contribution is 5.79. The van der Waals surface area contributed by atoms with Gasteiger partial charge in [-0.25, -0.2) is 0 Å². The Kier molecular flexibility index (Phi) is 5.00. The molecule has 0 radical (unpaired) electrons. The number of aliphatic hydroxyl groups is 1. The van der Waals surface area contributed by atoms with E-state index < -0.39 is 5.54 Å². The van der Waals surface area contributed by atoms with Crippen molar-refractivity contribution in [3.05, 3.63) is 0 Å². The fraction of sp³-hybridized carbons (Fsp3) is 0.867. The van der Waals surface area contributed by atoms with Crippen molar-refractivity contribution >= 4 is 5.91 Å². The van der Waals surface area contributed by atoms with Gasteiger partial charge >= 0.3 is 0 Å². The Balaban J connectivity index is 1.77. The van der Waals surface area contributed by atoms with Crippen LogP contribution in [0.4, 0.5) is 0 Å². The number of carbonyl (C=O) groups is 1. The summed E-state index contributed by atoms with van der Waals surface area (Å²) >= 11 is 0. The van der Waals surface area contributed by atoms with Gasteiger partial charge in [-0.05, 0) is 64.5 Å². The molecule has 0 aromatic heterocycles. The summed E-state index contributed by atoms with van der Waals surface area (Å²) in [6, 6.07) is 2.28. The van der Waals surface area contributed by atoms with Gasteiger partial charge in [0.25, 0.3) is 0 Å². The lowest BCUT2D eigenvalue weighted by Gasteiger charge is -2.33. The second kappa shape index (κ2) is 6.55. The summed E-state index contributed by atoms with van der Waals surface area (Å²) in [6.07, 6.45) is 5.22. The van der Waals surface area contributed by atoms with E-state index in [0.29, 0.717) is 12.5 Å². The summed E-state index contributed by atoms with van der Waals surface area (Å²) in [7, 11) is 0. The van der Waals surface area contributed by atoms with Gasteiger partial charge in [-0.1, -0.05) is 0 Å². The molecule has 0 aromatic carbocycles. The first-order valence-electron chi connectivity index (χ1n) is 7.67. The summed E-state index contributed by atoms with van der Waals surface area (Å²) < 4.78 is 0. The zero-order valence-electron chi connectivity index (χ0n) is 12.3. The van der Waals surface area contributed by atoms with Crippen molar-refractivity contribution in [3.8, 4) is 6.07 Å². The molecule has 0 bridgehead atoms. The summed E-state index contributed by atoms with van der Waals surface area (Å²) in [4.78, 5) is 14.2. The number of aliphatic hydroxyl groups excluding tert-OH is 1. The SMILES string of the molecule is CC(O)C1CCN(CC(=O)NC2(C#N)CCCC2)CC1. The molecule has 1 amide bonds. The van der Waals surface area contributed by atoms with E-state index in [-0.39, 0.29) is 12.0 Å². The highest BCUT2D eigenvalue weighted by atomic mass is 16.3. The van der Waals surface area contributed by atoms with Crippen LogP contribution in [0.2, 0.25) is 0 Å². The smallest absolute Gasteiger partial charge is 0.235 e. The molecular weight excluding hydrogens is 254 g/mol. The molecule has 1 heterocycles. The maximum absolute atomic E-state index is 12.1. The fourth-order valence-electron chi connectivity index (χ4n) is 3.35. The van der Waals surface area contributed by atoms with Crippen LogP contribution in [0, 0.1) is 17.2 Å². The zero-order valence-corrected chi connectivity index (χ0v) is 12.3. The number of nitrogens with one attached hydrogen (secondary N) is 1. The minimum Gasteiger partial charge on any atom is -0.393 e. The maximum atomic E-state index is 12.1. The molecule has 2 rings (SSSR count). The first-order valence-corrected chi connectivity index (χ1v) is 7.67. The quantitative estimate of drug-likeness (QED) is 0.806. The highest BCUT2D eigenvalue weighted by Gasteiger charge is 2.35. The molecule has 1 atom stereocenters. The number of carbonyl (C=O) groups excluding carboxylic acids is 1. The predicted molar refractivity (Wildman–Crippen MR) is 75.8 cm³/mol. The van der Waals surface area contributed by atoms with Crippen LogP contribution < -0.4 is 5.32 Å². The lowest BCUT2D eigenvalue weighted by atomic mass is 9.92. The van der Waals surface area contributed by atoms with Crippen LogP contribution in [0.25, 0.3) is 0 Å². The Morgan fingerprint density at radius 3 is 2.55 bits per heavy atom. The third-order valence-corrected chi connectivity index (χ3v) is 4.73. The summed E-state index contributed by atoms with van der Waals surface area (Å²) in [5.41, 5.74) is -0.616. The van der Waals surface area contributed by atoms with E-state index in [1.807, 2.05) is 6.92 Å². The van der Waals surface area contributed by atoms with Gasteiger partial charge in [0.15, 0.2) is 0 Å². The van der Waals surface area contributed by atoms with Gasteiger partial charge in [-0.2, -0.15) is 5.26 Å². The Hall–Kier alpha value is -1.12. The van der Waals surface area contributed by atoms with E-state index in [4.69, 9.17) is 0 Å². The molecule has 5 heteroatoms. The molecule has 1 saturated heterocycles. The van der Waals surface area contributed by atoms with Gasteiger partial charge < -0.3 is 10.4 Å². The van der Waals surface area contributed by atoms with E-state index in [1.54, 1.807) is 0 Å². The fourth-order valence-corrected chi connectivity index (χ4v) is 3.35. The van der Waals surface area contributed by atoms with Crippen LogP contribution in [-0.4, -0.2) is 47.2 Å². The minimum atomic E-state index is -0.616. The summed E-state index contributed by atoms with van der Waals surface area (Å²) in [5, 5.41) is 21.8. The van der Waals surface area contributed by atoms with E-state index >= 15 is 0 Å². The average Bonchev–Trinajstić information content (AvgIpc) is 2.88. The molecule has 112 valence electrons. The number of nitriles is 1. The highest BCUT2D eigenvalue weighted by Crippen LogP contribution is 2.29. The van der Waals surface area contributed by atoms with Crippen molar-refractivity contribution in [2.24, 2.45) is 5.92 Å². The number of piperidine rings is 1. The monoisotopic (exact) mass is 279 g/mol. The second-order valence-electron chi connectivity index (χ2n) is 6.30. The van der Waals surface area contributed by atoms with Crippen LogP contribution in [0.1, 0.15) is 45.4 Å². The Bertz CT molecular complexity index is 375. The topological polar surface area (TPSA) is 76.4 Å². The van der Waals surface area contributed by atoms with Crippen LogP contribution in [0.15, 0.2) is 0 Å². The number of nitrogens with zero attached hydrogens (tertiary/aromatic N) is 2. The van der Waals surface area contributed by atoms with Crippen molar-refractivity contribution in [3.63, 3.8) is 0 Å². The molecule has 5 nitrogen and oxygen atoms in total. The number of likely N-dealkylation sites (tertiary alicyclic amines) is 1. The molecule has 1 aliphatic carbocycles. The third kappa shape index (κ3) is 3.71. The minimum absolute atomic E-state index is 0.0380. The first-order chi connectivity index (χ1) is 9.54. The van der Waals surface area contributed by atoms with Crippen molar-refractivity contribution in [2.45, 2.75) is 57.1 Å². The Morgan fingerprint density at radius 2 is 2.05 bits per heavy atom. The van der Waals surface area contributed by atoms with Gasteiger partial charge in [0.1, 0.15) is 5.54 Å². The number of rotatable bonds is 4. The van der Waals surface area contributed by atoms with Crippen LogP contribution in [0.5, 0.6) is 0 Å². The summed E-state index contributed by atoms with van der Waals surface area (Å²) in [5.74, 6) is 0.318. The first kappa shape index (κ1) is 15.3. The predicted octanol–water partition coefficient (Wildman–Crippen LogP) is 1.03. The molecule has 2 N–H and O–H groups in total. The number of amides is 1. The number of hydrogen-bond donors (Lipinski definition) is 2. The van der Waals surface area contributed by atoms with Gasteiger partial charge in [0.2, 0.25) is 5.91 Å². The Labute approximate surface area is 120 Å². The maximum Gasteiger partial charge on any atom is 0.235 e. The zero-order chi connectivity index (χ0) is 14.6. The van der Waals surface area contributed by atoms with E-state index in [9.17, 15) is 15.2 Å². The van der Waals surface area contributed by atoms with Gasteiger partial charge in [0, 0.05) is 0 Å². The number of hydrogen-bond acceptors (Lipinski definition) is 4. The van der Waals surface area contributed by atoms with Crippen molar-refractivity contribution in [2.75, 3.05) is 19.6 Å². The van der Waals surface area contributed by atoms with Crippen molar-refractivity contribution in [1.82, 2.24) is 10.2 Å². The molecule has 1 saturated carbocycles. The molecule has 20 heavy (non-hydrogen) atoms. The van der Waals surface area contributed by atoms with E-state index in [2.05, 4.69) is 16.3 Å². The lowest BCUT2D eigenvalue weighted by Crippen LogP contribution is -2.50. The van der Waals surface area contributed by atoms with Crippen LogP contribution >= 0.6 is 0 Å². The average molecular weight is 279 g/mol. The summed E-state index contributed by atoms with van der Waals surface area (Å²) in [6.45, 7) is 3.91. The molecule has 0 aromatic rings. The molecule has 2 fully saturated rings. The molecule has 2 aliphatic rings. The van der Waals surface area contributed by atoms with E-state index in [0.717, 1.165) is 51.6 Å². The van der Waals surface area contributed by atoms with E-state index in [1.165, 1.54) is 0 Å². The molecule has 1 aliphatic heterocycles. The van der Waals surface area contributed by atoms with Crippen molar-refractivity contribution in [1.29, 1.82) is 5.26 Å². The largest absolute Gasteiger partial charge is 0.393 e. The standard InChI is InChI=1S/C15H25N3O2/c1-12(19)13-4-8-18(9-5-13)10-14(20)17-15(11-16)6-2-3-7-15/h12-13,19H,2-10H2,1H3,(H,17,20). The second-order valence-corrected chi connectivity index (χ2v) is 6.30. The molecule has 0 spiro atoms. The Morgan fingerprint density at radius 1 is 1.45 bits per heavy atom. The normalized spacial score (nSPS) is 25.1. The van der Waals surface area contributed by atoms with Crippen molar-refractivity contribution < 1.29 is 9.90 Å². The van der Waals surface area contributed by atoms with Gasteiger partial charge in [0.05, 0.1) is 18.7 Å². The third-order valence-electron chi connectivity index (χ3n) is 4.73. The van der Waals surface area contributed by atoms with Gasteiger partial charge in [-0.15, -0.1) is 0 Å². The van der Waals surface area contributed by atoms with Crippen LogP contribution in [0.3, 0.4) is 0 Å².